The van der Waals surface area contributed by atoms with Gasteiger partial charge in [0.05, 0.1) is 16.9 Å². The summed E-state index contributed by atoms with van der Waals surface area (Å²) in [6.45, 7) is 2.59. The first-order valence-corrected chi connectivity index (χ1v) is 11.4. The Morgan fingerprint density at radius 3 is 2.27 bits per heavy atom. The highest BCUT2D eigenvalue weighted by molar-refractivity contribution is 7.12. The summed E-state index contributed by atoms with van der Waals surface area (Å²) in [5.74, 6) is 1.52. The minimum absolute atomic E-state index is 0.0100. The molecule has 30 heavy (non-hydrogen) atoms. The number of thiophene rings is 2. The van der Waals surface area contributed by atoms with Crippen molar-refractivity contribution < 1.29 is 19.1 Å². The third-order valence-corrected chi connectivity index (χ3v) is 6.72. The van der Waals surface area contributed by atoms with E-state index in [1.54, 1.807) is 7.11 Å². The molecule has 0 atom stereocenters. The van der Waals surface area contributed by atoms with Crippen LogP contribution in [0.15, 0.2) is 53.2 Å². The molecule has 1 aliphatic heterocycles. The van der Waals surface area contributed by atoms with Crippen molar-refractivity contribution in [3.63, 3.8) is 0 Å². The summed E-state index contributed by atoms with van der Waals surface area (Å²) in [4.78, 5) is 30.4. The van der Waals surface area contributed by atoms with Crippen molar-refractivity contribution in [1.82, 2.24) is 9.80 Å². The van der Waals surface area contributed by atoms with E-state index in [4.69, 9.17) is 9.47 Å². The maximum Gasteiger partial charge on any atom is 0.264 e. The maximum absolute atomic E-state index is 12.9. The Morgan fingerprint density at radius 2 is 1.60 bits per heavy atom. The van der Waals surface area contributed by atoms with Crippen LogP contribution in [0.25, 0.3) is 0 Å². The molecule has 8 heteroatoms. The van der Waals surface area contributed by atoms with Crippen molar-refractivity contribution >= 4 is 34.5 Å². The van der Waals surface area contributed by atoms with Gasteiger partial charge in [0.2, 0.25) is 0 Å². The van der Waals surface area contributed by atoms with Crippen molar-refractivity contribution in [1.29, 1.82) is 0 Å². The number of piperazine rings is 1. The number of ether oxygens (including phenoxy) is 2. The number of amides is 2. The van der Waals surface area contributed by atoms with Crippen molar-refractivity contribution in [2.75, 3.05) is 33.3 Å². The average molecular weight is 443 g/mol. The number of benzene rings is 1. The van der Waals surface area contributed by atoms with Crippen LogP contribution in [0.1, 0.15) is 24.9 Å². The van der Waals surface area contributed by atoms with Crippen LogP contribution >= 0.6 is 22.7 Å². The van der Waals surface area contributed by atoms with Crippen LogP contribution < -0.4 is 9.47 Å². The van der Waals surface area contributed by atoms with E-state index < -0.39 is 0 Å². The second-order valence-corrected chi connectivity index (χ2v) is 8.71. The highest BCUT2D eigenvalue weighted by atomic mass is 32.1. The molecule has 0 aliphatic carbocycles. The number of methoxy groups -OCH3 is 1. The largest absolute Gasteiger partial charge is 0.497 e. The summed E-state index contributed by atoms with van der Waals surface area (Å²) in [6.07, 6.45) is 0. The Labute approximate surface area is 183 Å². The SMILES string of the molecule is COc1cccc(OCc2csc(C(=O)N3CCN(C(=O)c4cccs4)CC3)c2)c1. The highest BCUT2D eigenvalue weighted by Crippen LogP contribution is 2.23. The average Bonchev–Trinajstić information content (AvgIpc) is 3.49. The Balaban J connectivity index is 1.30. The van der Waals surface area contributed by atoms with E-state index in [0.717, 1.165) is 21.9 Å². The van der Waals surface area contributed by atoms with Crippen molar-refractivity contribution in [3.05, 3.63) is 68.5 Å². The minimum atomic E-state index is 0.0100. The zero-order valence-corrected chi connectivity index (χ0v) is 18.2. The van der Waals surface area contributed by atoms with Crippen LogP contribution in [-0.2, 0) is 6.61 Å². The van der Waals surface area contributed by atoms with E-state index in [1.807, 2.05) is 63.0 Å². The smallest absolute Gasteiger partial charge is 0.264 e. The highest BCUT2D eigenvalue weighted by Gasteiger charge is 2.26. The first-order valence-electron chi connectivity index (χ1n) is 9.60. The third kappa shape index (κ3) is 4.66. The Bertz CT molecular complexity index is 1010. The van der Waals surface area contributed by atoms with Crippen LogP contribution in [0.5, 0.6) is 11.5 Å². The summed E-state index contributed by atoms with van der Waals surface area (Å²) < 4.78 is 11.0. The molecule has 1 saturated heterocycles. The predicted molar refractivity (Wildman–Crippen MR) is 118 cm³/mol. The van der Waals surface area contributed by atoms with E-state index in [-0.39, 0.29) is 11.8 Å². The van der Waals surface area contributed by atoms with Gasteiger partial charge >= 0.3 is 0 Å². The number of carbonyl (C=O) groups is 2. The summed E-state index contributed by atoms with van der Waals surface area (Å²) >= 11 is 2.87. The number of hydrogen-bond donors (Lipinski definition) is 0. The molecule has 156 valence electrons. The monoisotopic (exact) mass is 442 g/mol. The van der Waals surface area contributed by atoms with Gasteiger partial charge in [-0.2, -0.15) is 0 Å². The normalized spacial score (nSPS) is 13.9. The van der Waals surface area contributed by atoms with Gasteiger partial charge in [-0.25, -0.2) is 0 Å². The fraction of sp³-hybridized carbons (Fsp3) is 0.273. The molecule has 3 heterocycles. The fourth-order valence-electron chi connectivity index (χ4n) is 3.25. The quantitative estimate of drug-likeness (QED) is 0.579. The molecule has 1 aromatic carbocycles. The Kier molecular flexibility index (Phi) is 6.35. The summed E-state index contributed by atoms with van der Waals surface area (Å²) in [7, 11) is 1.62. The van der Waals surface area contributed by atoms with E-state index >= 15 is 0 Å². The zero-order chi connectivity index (χ0) is 20.9. The van der Waals surface area contributed by atoms with Gasteiger partial charge in [-0.1, -0.05) is 12.1 Å². The van der Waals surface area contributed by atoms with Gasteiger partial charge in [-0.05, 0) is 35.0 Å². The van der Waals surface area contributed by atoms with E-state index in [0.29, 0.717) is 37.7 Å². The Morgan fingerprint density at radius 1 is 0.900 bits per heavy atom. The second-order valence-electron chi connectivity index (χ2n) is 6.85. The van der Waals surface area contributed by atoms with Crippen LogP contribution in [0, 0.1) is 0 Å². The van der Waals surface area contributed by atoms with Crippen LogP contribution in [0.3, 0.4) is 0 Å². The number of rotatable bonds is 6. The first kappa shape index (κ1) is 20.4. The molecule has 0 saturated carbocycles. The van der Waals surface area contributed by atoms with Gasteiger partial charge in [0.15, 0.2) is 0 Å². The third-order valence-electron chi connectivity index (χ3n) is 4.90. The standard InChI is InChI=1S/C22H22N2O4S2/c1-27-17-4-2-5-18(13-17)28-14-16-12-20(30-15-16)22(26)24-9-7-23(8-10-24)21(25)19-6-3-11-29-19/h2-6,11-13,15H,7-10,14H2,1H3. The van der Waals surface area contributed by atoms with Gasteiger partial charge in [0, 0.05) is 37.8 Å². The van der Waals surface area contributed by atoms with Crippen molar-refractivity contribution in [2.24, 2.45) is 0 Å². The molecule has 2 aromatic heterocycles. The lowest BCUT2D eigenvalue weighted by Crippen LogP contribution is -2.50. The summed E-state index contributed by atoms with van der Waals surface area (Å²) in [5.41, 5.74) is 0.956. The molecule has 3 aromatic rings. The molecule has 2 amide bonds. The number of carbonyl (C=O) groups excluding carboxylic acids is 2. The van der Waals surface area contributed by atoms with Gasteiger partial charge in [-0.3, -0.25) is 9.59 Å². The first-order chi connectivity index (χ1) is 14.6. The number of nitrogens with zero attached hydrogens (tertiary/aromatic N) is 2. The fourth-order valence-corrected chi connectivity index (χ4v) is 4.80. The molecular weight excluding hydrogens is 420 g/mol. The van der Waals surface area contributed by atoms with Crippen LogP contribution in [0.2, 0.25) is 0 Å². The summed E-state index contributed by atoms with van der Waals surface area (Å²) in [5, 5.41) is 3.85. The van der Waals surface area contributed by atoms with Crippen molar-refractivity contribution in [2.45, 2.75) is 6.61 Å². The van der Waals surface area contributed by atoms with Crippen LogP contribution in [0.4, 0.5) is 0 Å². The zero-order valence-electron chi connectivity index (χ0n) is 16.6. The lowest BCUT2D eigenvalue weighted by molar-refractivity contribution is 0.0540. The molecular formula is C22H22N2O4S2. The lowest BCUT2D eigenvalue weighted by atomic mass is 10.2. The predicted octanol–water partition coefficient (Wildman–Crippen LogP) is 4.00. The van der Waals surface area contributed by atoms with Gasteiger partial charge in [0.25, 0.3) is 11.8 Å². The Hall–Kier alpha value is -2.84. The maximum atomic E-state index is 12.9. The van der Waals surface area contributed by atoms with Crippen LogP contribution in [-0.4, -0.2) is 54.9 Å². The van der Waals surface area contributed by atoms with E-state index in [9.17, 15) is 9.59 Å². The van der Waals surface area contributed by atoms with E-state index in [1.165, 1.54) is 22.7 Å². The molecule has 0 N–H and O–H groups in total. The summed E-state index contributed by atoms with van der Waals surface area (Å²) in [6, 6.07) is 13.0. The van der Waals surface area contributed by atoms with Crippen molar-refractivity contribution in [3.8, 4) is 11.5 Å². The topological polar surface area (TPSA) is 59.1 Å². The van der Waals surface area contributed by atoms with Gasteiger partial charge < -0.3 is 19.3 Å². The van der Waals surface area contributed by atoms with Gasteiger partial charge in [0.1, 0.15) is 18.1 Å². The molecule has 6 nitrogen and oxygen atoms in total. The van der Waals surface area contributed by atoms with E-state index in [2.05, 4.69) is 0 Å². The van der Waals surface area contributed by atoms with Gasteiger partial charge in [-0.15, -0.1) is 22.7 Å². The molecule has 4 rings (SSSR count). The molecule has 0 unspecified atom stereocenters. The molecule has 0 spiro atoms. The minimum Gasteiger partial charge on any atom is -0.497 e. The molecule has 1 aliphatic rings. The molecule has 0 bridgehead atoms. The second kappa shape index (κ2) is 9.32. The lowest BCUT2D eigenvalue weighted by Gasteiger charge is -2.34. The molecule has 1 fully saturated rings. The molecule has 0 radical (unpaired) electrons. The number of hydrogen-bond acceptors (Lipinski definition) is 6.